The Hall–Kier alpha value is -1.10. The van der Waals surface area contributed by atoms with Crippen molar-refractivity contribution in [1.82, 2.24) is 4.90 Å². The standard InChI is InChI=1S/C11H19NO4/c1-12(7-6-10(13)14)9-4-2-8(3-5-9)11(15)16/h8-9H,2-7H2,1H3,(H,13,14)(H,15,16). The van der Waals surface area contributed by atoms with Crippen LogP contribution in [0.4, 0.5) is 0 Å². The maximum Gasteiger partial charge on any atom is 0.306 e. The van der Waals surface area contributed by atoms with Crippen LogP contribution >= 0.6 is 0 Å². The number of hydrogen-bond donors (Lipinski definition) is 2. The summed E-state index contributed by atoms with van der Waals surface area (Å²) in [5, 5.41) is 17.4. The van der Waals surface area contributed by atoms with Gasteiger partial charge in [0.05, 0.1) is 12.3 Å². The summed E-state index contributed by atoms with van der Waals surface area (Å²) >= 11 is 0. The van der Waals surface area contributed by atoms with E-state index in [2.05, 4.69) is 0 Å². The minimum Gasteiger partial charge on any atom is -0.481 e. The highest BCUT2D eigenvalue weighted by molar-refractivity contribution is 5.70. The third-order valence-corrected chi connectivity index (χ3v) is 3.35. The molecule has 0 aromatic rings. The normalized spacial score (nSPS) is 25.6. The number of nitrogens with zero attached hydrogens (tertiary/aromatic N) is 1. The Morgan fingerprint density at radius 2 is 1.75 bits per heavy atom. The summed E-state index contributed by atoms with van der Waals surface area (Å²) in [6.45, 7) is 0.539. The summed E-state index contributed by atoms with van der Waals surface area (Å²) in [5.74, 6) is -1.69. The second kappa shape index (κ2) is 5.84. The van der Waals surface area contributed by atoms with Crippen LogP contribution in [0.3, 0.4) is 0 Å². The van der Waals surface area contributed by atoms with Gasteiger partial charge in [0.1, 0.15) is 0 Å². The Morgan fingerprint density at radius 3 is 2.19 bits per heavy atom. The number of carboxylic acids is 2. The van der Waals surface area contributed by atoms with Gasteiger partial charge in [-0.05, 0) is 32.7 Å². The Morgan fingerprint density at radius 1 is 1.19 bits per heavy atom. The molecule has 0 atom stereocenters. The molecule has 1 aliphatic rings. The highest BCUT2D eigenvalue weighted by atomic mass is 16.4. The monoisotopic (exact) mass is 229 g/mol. The van der Waals surface area contributed by atoms with Crippen LogP contribution in [0.2, 0.25) is 0 Å². The number of carboxylic acid groups (broad SMARTS) is 2. The molecule has 5 nitrogen and oxygen atoms in total. The quantitative estimate of drug-likeness (QED) is 0.736. The van der Waals surface area contributed by atoms with Crippen molar-refractivity contribution in [2.75, 3.05) is 13.6 Å². The molecule has 1 rings (SSSR count). The molecule has 0 spiro atoms. The van der Waals surface area contributed by atoms with E-state index in [0.717, 1.165) is 12.8 Å². The van der Waals surface area contributed by atoms with Crippen LogP contribution in [-0.4, -0.2) is 46.7 Å². The first-order valence-corrected chi connectivity index (χ1v) is 5.65. The van der Waals surface area contributed by atoms with Gasteiger partial charge < -0.3 is 15.1 Å². The van der Waals surface area contributed by atoms with Crippen LogP contribution in [0.25, 0.3) is 0 Å². The van der Waals surface area contributed by atoms with E-state index >= 15 is 0 Å². The average Bonchev–Trinajstić information content (AvgIpc) is 2.26. The van der Waals surface area contributed by atoms with Gasteiger partial charge in [-0.15, -0.1) is 0 Å². The zero-order chi connectivity index (χ0) is 12.1. The van der Waals surface area contributed by atoms with Gasteiger partial charge in [0.2, 0.25) is 0 Å². The molecule has 1 fully saturated rings. The lowest BCUT2D eigenvalue weighted by atomic mass is 9.85. The fourth-order valence-electron chi connectivity index (χ4n) is 2.22. The lowest BCUT2D eigenvalue weighted by Gasteiger charge is -2.33. The molecule has 0 aromatic heterocycles. The lowest BCUT2D eigenvalue weighted by molar-refractivity contribution is -0.143. The van der Waals surface area contributed by atoms with Gasteiger partial charge in [0.25, 0.3) is 0 Å². The maximum absolute atomic E-state index is 10.8. The van der Waals surface area contributed by atoms with Gasteiger partial charge >= 0.3 is 11.9 Å². The molecule has 0 saturated heterocycles. The van der Waals surface area contributed by atoms with Gasteiger partial charge in [0.15, 0.2) is 0 Å². The predicted molar refractivity (Wildman–Crippen MR) is 58.3 cm³/mol. The van der Waals surface area contributed by atoms with Crippen LogP contribution in [0.15, 0.2) is 0 Å². The molecule has 0 heterocycles. The van der Waals surface area contributed by atoms with Crippen molar-refractivity contribution in [3.05, 3.63) is 0 Å². The van der Waals surface area contributed by atoms with Crippen molar-refractivity contribution >= 4 is 11.9 Å². The van der Waals surface area contributed by atoms with Crippen LogP contribution in [0.5, 0.6) is 0 Å². The molecule has 16 heavy (non-hydrogen) atoms. The minimum absolute atomic E-state index is 0.148. The minimum atomic E-state index is -0.786. The first-order chi connectivity index (χ1) is 7.50. The van der Waals surface area contributed by atoms with Gasteiger partial charge in [-0.1, -0.05) is 0 Å². The topological polar surface area (TPSA) is 77.8 Å². The van der Waals surface area contributed by atoms with Crippen LogP contribution in [0.1, 0.15) is 32.1 Å². The first kappa shape index (κ1) is 13.0. The smallest absolute Gasteiger partial charge is 0.306 e. The Balaban J connectivity index is 2.30. The summed E-state index contributed by atoms with van der Waals surface area (Å²) in [6.07, 6.45) is 3.27. The van der Waals surface area contributed by atoms with Gasteiger partial charge in [-0.3, -0.25) is 9.59 Å². The highest BCUT2D eigenvalue weighted by Crippen LogP contribution is 2.27. The Kier molecular flexibility index (Phi) is 4.73. The Labute approximate surface area is 95.1 Å². The van der Waals surface area contributed by atoms with E-state index in [1.807, 2.05) is 11.9 Å². The van der Waals surface area contributed by atoms with E-state index in [0.29, 0.717) is 25.4 Å². The molecule has 0 aliphatic heterocycles. The fraction of sp³-hybridized carbons (Fsp3) is 0.818. The third-order valence-electron chi connectivity index (χ3n) is 3.35. The summed E-state index contributed by atoms with van der Waals surface area (Å²) in [4.78, 5) is 23.2. The molecule has 1 saturated carbocycles. The van der Waals surface area contributed by atoms with E-state index in [4.69, 9.17) is 10.2 Å². The summed E-state index contributed by atoms with van der Waals surface area (Å²) in [7, 11) is 1.91. The second-order valence-corrected chi connectivity index (χ2v) is 4.47. The molecular formula is C11H19NO4. The van der Waals surface area contributed by atoms with Crippen molar-refractivity contribution in [2.24, 2.45) is 5.92 Å². The number of rotatable bonds is 5. The molecule has 2 N–H and O–H groups in total. The zero-order valence-electron chi connectivity index (χ0n) is 9.56. The number of aliphatic carboxylic acids is 2. The molecular weight excluding hydrogens is 210 g/mol. The van der Waals surface area contributed by atoms with Crippen molar-refractivity contribution in [3.8, 4) is 0 Å². The molecule has 92 valence electrons. The van der Waals surface area contributed by atoms with Crippen LogP contribution in [0, 0.1) is 5.92 Å². The van der Waals surface area contributed by atoms with Gasteiger partial charge in [-0.25, -0.2) is 0 Å². The highest BCUT2D eigenvalue weighted by Gasteiger charge is 2.27. The van der Waals surface area contributed by atoms with E-state index in [1.54, 1.807) is 0 Å². The molecule has 5 heteroatoms. The third kappa shape index (κ3) is 3.81. The van der Waals surface area contributed by atoms with E-state index in [-0.39, 0.29) is 12.3 Å². The zero-order valence-corrected chi connectivity index (χ0v) is 9.56. The van der Waals surface area contributed by atoms with Crippen molar-refractivity contribution in [2.45, 2.75) is 38.1 Å². The molecule has 1 aliphatic carbocycles. The summed E-state index contributed by atoms with van der Waals surface area (Å²) in [6, 6.07) is 0.343. The molecule has 0 radical (unpaired) electrons. The molecule has 0 amide bonds. The average molecular weight is 229 g/mol. The summed E-state index contributed by atoms with van der Waals surface area (Å²) < 4.78 is 0. The SMILES string of the molecule is CN(CCC(=O)O)C1CCC(C(=O)O)CC1. The molecule has 0 aromatic carbocycles. The second-order valence-electron chi connectivity index (χ2n) is 4.47. The Bertz CT molecular complexity index is 259. The van der Waals surface area contributed by atoms with E-state index in [1.165, 1.54) is 0 Å². The van der Waals surface area contributed by atoms with Gasteiger partial charge in [0, 0.05) is 12.6 Å². The predicted octanol–water partition coefficient (Wildman–Crippen LogP) is 1.04. The fourth-order valence-corrected chi connectivity index (χ4v) is 2.22. The maximum atomic E-state index is 10.8. The largest absolute Gasteiger partial charge is 0.481 e. The van der Waals surface area contributed by atoms with Crippen LogP contribution < -0.4 is 0 Å². The van der Waals surface area contributed by atoms with Gasteiger partial charge in [-0.2, -0.15) is 0 Å². The van der Waals surface area contributed by atoms with Crippen molar-refractivity contribution in [1.29, 1.82) is 0 Å². The van der Waals surface area contributed by atoms with E-state index in [9.17, 15) is 9.59 Å². The van der Waals surface area contributed by atoms with Crippen molar-refractivity contribution in [3.63, 3.8) is 0 Å². The van der Waals surface area contributed by atoms with Crippen molar-refractivity contribution < 1.29 is 19.8 Å². The van der Waals surface area contributed by atoms with Crippen LogP contribution in [-0.2, 0) is 9.59 Å². The van der Waals surface area contributed by atoms with E-state index < -0.39 is 11.9 Å². The molecule has 0 unspecified atom stereocenters. The molecule has 0 bridgehead atoms. The lowest BCUT2D eigenvalue weighted by Crippen LogP contribution is -2.37. The number of hydrogen-bond acceptors (Lipinski definition) is 3. The first-order valence-electron chi connectivity index (χ1n) is 5.65. The number of carbonyl (C=O) groups is 2. The summed E-state index contributed by atoms with van der Waals surface area (Å²) in [5.41, 5.74) is 0.